The van der Waals surface area contributed by atoms with Crippen molar-refractivity contribution in [3.8, 4) is 16.9 Å². The van der Waals surface area contributed by atoms with E-state index < -0.39 is 18.4 Å². The number of nitrogens with zero attached hydrogens (tertiary/aromatic N) is 1. The van der Waals surface area contributed by atoms with E-state index in [4.69, 9.17) is 16.7 Å². The highest BCUT2D eigenvalue weighted by Gasteiger charge is 2.17. The van der Waals surface area contributed by atoms with Crippen molar-refractivity contribution in [3.63, 3.8) is 0 Å². The predicted octanol–water partition coefficient (Wildman–Crippen LogP) is 0.180. The van der Waals surface area contributed by atoms with E-state index in [-0.39, 0.29) is 11.4 Å². The van der Waals surface area contributed by atoms with Gasteiger partial charge in [-0.3, -0.25) is 14.6 Å². The molecule has 0 saturated carbocycles. The number of aromatic hydroxyl groups is 1. The van der Waals surface area contributed by atoms with E-state index >= 15 is 0 Å². The van der Waals surface area contributed by atoms with Crippen molar-refractivity contribution in [3.05, 3.63) is 41.0 Å². The van der Waals surface area contributed by atoms with Gasteiger partial charge < -0.3 is 15.5 Å². The normalized spacial score (nSPS) is 10.2. The molecule has 0 aliphatic heterocycles. The van der Waals surface area contributed by atoms with Crippen LogP contribution >= 0.6 is 11.6 Å². The maximum Gasteiger partial charge on any atom is 0.322 e. The molecule has 1 amide bonds. The number of aliphatic carboxylic acids is 1. The monoisotopic (exact) mass is 318 g/mol. The summed E-state index contributed by atoms with van der Waals surface area (Å²) < 4.78 is 0. The van der Waals surface area contributed by atoms with Gasteiger partial charge in [-0.05, 0) is 29.3 Å². The quantitative estimate of drug-likeness (QED) is 0.698. The lowest BCUT2D eigenvalue weighted by Gasteiger charge is -2.10. The van der Waals surface area contributed by atoms with Crippen molar-refractivity contribution in [1.29, 1.82) is 0 Å². The van der Waals surface area contributed by atoms with Crippen LogP contribution in [0.1, 0.15) is 10.5 Å². The number of halogens is 1. The smallest absolute Gasteiger partial charge is 0.322 e. The van der Waals surface area contributed by atoms with E-state index in [1.165, 1.54) is 6.07 Å². The van der Waals surface area contributed by atoms with Crippen molar-refractivity contribution in [1.82, 2.24) is 10.3 Å². The zero-order valence-electron chi connectivity index (χ0n) is 11.6. The Labute approximate surface area is 132 Å². The van der Waals surface area contributed by atoms with Crippen LogP contribution in [-0.2, 0) is 4.79 Å². The number of carbonyl (C=O) groups is 2. The molecular formula is C14H12BClN2O4. The maximum atomic E-state index is 11.8. The molecule has 0 bridgehead atoms. The molecule has 0 spiro atoms. The number of hydrogen-bond acceptors (Lipinski definition) is 4. The number of rotatable bonds is 4. The van der Waals surface area contributed by atoms with Crippen LogP contribution in [0.4, 0.5) is 0 Å². The second-order valence-corrected chi connectivity index (χ2v) is 5.01. The van der Waals surface area contributed by atoms with Gasteiger partial charge in [0.05, 0.1) is 0 Å². The average Bonchev–Trinajstić information content (AvgIpc) is 2.46. The van der Waals surface area contributed by atoms with Crippen molar-refractivity contribution in [2.24, 2.45) is 0 Å². The molecule has 2 rings (SSSR count). The molecule has 3 N–H and O–H groups in total. The maximum absolute atomic E-state index is 11.8. The molecule has 0 aliphatic carbocycles. The van der Waals surface area contributed by atoms with E-state index in [1.54, 1.807) is 32.1 Å². The zero-order valence-corrected chi connectivity index (χ0v) is 12.4. The third kappa shape index (κ3) is 3.56. The highest BCUT2D eigenvalue weighted by atomic mass is 35.5. The molecule has 0 saturated heterocycles. The Hall–Kier alpha value is -2.54. The lowest BCUT2D eigenvalue weighted by molar-refractivity contribution is -0.135. The van der Waals surface area contributed by atoms with E-state index in [0.29, 0.717) is 16.2 Å². The second-order valence-electron chi connectivity index (χ2n) is 4.58. The first-order valence-electron chi connectivity index (χ1n) is 6.35. The van der Waals surface area contributed by atoms with Crippen LogP contribution in [0.2, 0.25) is 5.02 Å². The highest BCUT2D eigenvalue weighted by Crippen LogP contribution is 2.25. The third-order valence-electron chi connectivity index (χ3n) is 2.94. The van der Waals surface area contributed by atoms with Crippen LogP contribution < -0.4 is 10.9 Å². The largest absolute Gasteiger partial charge is 0.505 e. The van der Waals surface area contributed by atoms with Gasteiger partial charge in [-0.2, -0.15) is 0 Å². The first kappa shape index (κ1) is 15.8. The summed E-state index contributed by atoms with van der Waals surface area (Å²) >= 11 is 5.94. The average molecular weight is 319 g/mol. The molecule has 0 unspecified atom stereocenters. The van der Waals surface area contributed by atoms with Crippen molar-refractivity contribution >= 4 is 36.9 Å². The predicted molar refractivity (Wildman–Crippen MR) is 84.5 cm³/mol. The minimum Gasteiger partial charge on any atom is -0.505 e. The molecule has 0 radical (unpaired) electrons. The molecule has 0 atom stereocenters. The van der Waals surface area contributed by atoms with Gasteiger partial charge in [-0.1, -0.05) is 23.7 Å². The van der Waals surface area contributed by atoms with E-state index in [0.717, 1.165) is 5.56 Å². The van der Waals surface area contributed by atoms with Crippen LogP contribution in [0, 0.1) is 0 Å². The van der Waals surface area contributed by atoms with Gasteiger partial charge in [0.2, 0.25) is 0 Å². The Balaban J connectivity index is 2.36. The Morgan fingerprint density at radius 2 is 2.05 bits per heavy atom. The molecule has 1 aromatic carbocycles. The van der Waals surface area contributed by atoms with Crippen molar-refractivity contribution < 1.29 is 19.8 Å². The summed E-state index contributed by atoms with van der Waals surface area (Å²) in [5.74, 6) is -2.26. The SMILES string of the molecule is Bc1nc(C(=O)NCC(=O)O)c(O)cc1-c1cccc(Cl)c1. The van der Waals surface area contributed by atoms with Crippen LogP contribution in [0.3, 0.4) is 0 Å². The summed E-state index contributed by atoms with van der Waals surface area (Å²) in [5.41, 5.74) is 1.69. The summed E-state index contributed by atoms with van der Waals surface area (Å²) in [4.78, 5) is 26.3. The zero-order chi connectivity index (χ0) is 16.3. The summed E-state index contributed by atoms with van der Waals surface area (Å²) in [7, 11) is 1.68. The van der Waals surface area contributed by atoms with E-state index in [1.807, 2.05) is 0 Å². The van der Waals surface area contributed by atoms with E-state index in [2.05, 4.69) is 10.3 Å². The van der Waals surface area contributed by atoms with Crippen molar-refractivity contribution in [2.75, 3.05) is 6.54 Å². The third-order valence-corrected chi connectivity index (χ3v) is 3.18. The van der Waals surface area contributed by atoms with E-state index in [9.17, 15) is 14.7 Å². The lowest BCUT2D eigenvalue weighted by atomic mass is 9.92. The number of carbonyl (C=O) groups excluding carboxylic acids is 1. The molecule has 1 aromatic heterocycles. The Morgan fingerprint density at radius 3 is 2.68 bits per heavy atom. The van der Waals surface area contributed by atoms with Crippen molar-refractivity contribution in [2.45, 2.75) is 0 Å². The Kier molecular flexibility index (Phi) is 4.67. The number of amides is 1. The fraction of sp³-hybridized carbons (Fsp3) is 0.0714. The molecule has 1 heterocycles. The first-order valence-corrected chi connectivity index (χ1v) is 6.73. The van der Waals surface area contributed by atoms with Gasteiger partial charge in [0.25, 0.3) is 5.91 Å². The van der Waals surface area contributed by atoms with Gasteiger partial charge in [0.15, 0.2) is 13.5 Å². The summed E-state index contributed by atoms with van der Waals surface area (Å²) in [6.07, 6.45) is 0. The molecule has 8 heteroatoms. The van der Waals surface area contributed by atoms with Crippen LogP contribution in [0.15, 0.2) is 30.3 Å². The molecule has 0 aliphatic rings. The fourth-order valence-corrected chi connectivity index (χ4v) is 2.14. The minimum atomic E-state index is -1.18. The highest BCUT2D eigenvalue weighted by molar-refractivity contribution is 6.35. The van der Waals surface area contributed by atoms with Gasteiger partial charge in [-0.25, -0.2) is 0 Å². The lowest BCUT2D eigenvalue weighted by Crippen LogP contribution is -2.31. The topological polar surface area (TPSA) is 99.5 Å². The van der Waals surface area contributed by atoms with Crippen LogP contribution in [-0.4, -0.2) is 41.5 Å². The van der Waals surface area contributed by atoms with Gasteiger partial charge >= 0.3 is 5.97 Å². The fourth-order valence-electron chi connectivity index (χ4n) is 1.95. The molecular weight excluding hydrogens is 306 g/mol. The number of nitrogens with one attached hydrogen (secondary N) is 1. The van der Waals surface area contributed by atoms with Gasteiger partial charge in [0.1, 0.15) is 12.3 Å². The number of aromatic nitrogens is 1. The van der Waals surface area contributed by atoms with Gasteiger partial charge in [-0.15, -0.1) is 0 Å². The molecule has 22 heavy (non-hydrogen) atoms. The molecule has 112 valence electrons. The Morgan fingerprint density at radius 1 is 1.32 bits per heavy atom. The molecule has 6 nitrogen and oxygen atoms in total. The van der Waals surface area contributed by atoms with Crippen LogP contribution in [0.5, 0.6) is 5.75 Å². The summed E-state index contributed by atoms with van der Waals surface area (Å²) in [6, 6.07) is 8.42. The number of carboxylic acid groups (broad SMARTS) is 1. The number of benzene rings is 1. The van der Waals surface area contributed by atoms with Crippen LogP contribution in [0.25, 0.3) is 11.1 Å². The number of pyridine rings is 1. The van der Waals surface area contributed by atoms with Gasteiger partial charge in [0, 0.05) is 10.6 Å². The Bertz CT molecular complexity index is 752. The number of carboxylic acids is 1. The summed E-state index contributed by atoms with van der Waals surface area (Å²) in [5, 5.41) is 21.2. The molecule has 2 aromatic rings. The standard InChI is InChI=1S/C14H12BClN2O4/c15-13-9(7-2-1-3-8(16)4-7)5-10(19)12(18-13)14(22)17-6-11(20)21/h1-5,19H,6,15H2,(H,17,22)(H,20,21). The second kappa shape index (κ2) is 6.49. The first-order chi connectivity index (χ1) is 10.4. The minimum absolute atomic E-state index is 0.218. The molecule has 0 fully saturated rings. The summed E-state index contributed by atoms with van der Waals surface area (Å²) in [6.45, 7) is -0.547. The number of hydrogen-bond donors (Lipinski definition) is 3.